The van der Waals surface area contributed by atoms with E-state index in [4.69, 9.17) is 5.11 Å². The monoisotopic (exact) mass is 257 g/mol. The molecule has 3 heteroatoms. The first-order valence-corrected chi connectivity index (χ1v) is 7.43. The molecule has 0 aliphatic rings. The van der Waals surface area contributed by atoms with Gasteiger partial charge < -0.3 is 5.11 Å². The Balaban J connectivity index is 3.96. The minimum Gasteiger partial charge on any atom is -0.480 e. The average Bonchev–Trinajstić information content (AvgIpc) is 2.26. The number of hydrogen-bond acceptors (Lipinski definition) is 2. The van der Waals surface area contributed by atoms with E-state index >= 15 is 0 Å². The number of hydrogen-bond donors (Lipinski definition) is 1. The Hall–Kier alpha value is -0.570. The molecule has 0 fully saturated rings. The third kappa shape index (κ3) is 9.46. The molecule has 1 atom stereocenters. The van der Waals surface area contributed by atoms with Gasteiger partial charge in [-0.25, -0.2) is 0 Å². The minimum absolute atomic E-state index is 0.175. The molecule has 0 rings (SSSR count). The second-order valence-electron chi connectivity index (χ2n) is 5.77. The second kappa shape index (κ2) is 10.4. The summed E-state index contributed by atoms with van der Waals surface area (Å²) in [6.45, 7) is 9.72. The van der Waals surface area contributed by atoms with Gasteiger partial charge in [0.15, 0.2) is 0 Å². The van der Waals surface area contributed by atoms with Crippen molar-refractivity contribution in [1.29, 1.82) is 0 Å². The molecule has 0 saturated carbocycles. The average molecular weight is 257 g/mol. The third-order valence-corrected chi connectivity index (χ3v) is 3.29. The fraction of sp³-hybridized carbons (Fsp3) is 0.933. The summed E-state index contributed by atoms with van der Waals surface area (Å²) < 4.78 is 0. The first kappa shape index (κ1) is 17.4. The summed E-state index contributed by atoms with van der Waals surface area (Å²) >= 11 is 0. The third-order valence-electron chi connectivity index (χ3n) is 3.29. The van der Waals surface area contributed by atoms with Crippen LogP contribution in [0.2, 0.25) is 0 Å². The standard InChI is InChI=1S/C15H31NO2/c1-5-6-7-8-9-10-14(4)16(11-13(2)3)12-15(17)18/h13-14H,5-12H2,1-4H3,(H,17,18). The van der Waals surface area contributed by atoms with Crippen molar-refractivity contribution in [3.05, 3.63) is 0 Å². The van der Waals surface area contributed by atoms with Crippen LogP contribution in [0, 0.1) is 5.92 Å². The lowest BCUT2D eigenvalue weighted by atomic mass is 10.1. The van der Waals surface area contributed by atoms with E-state index < -0.39 is 5.97 Å². The molecule has 0 aromatic carbocycles. The van der Waals surface area contributed by atoms with Crippen LogP contribution < -0.4 is 0 Å². The summed E-state index contributed by atoms with van der Waals surface area (Å²) in [4.78, 5) is 13.0. The van der Waals surface area contributed by atoms with E-state index in [0.29, 0.717) is 12.0 Å². The molecule has 1 unspecified atom stereocenters. The highest BCUT2D eigenvalue weighted by molar-refractivity contribution is 5.69. The highest BCUT2D eigenvalue weighted by atomic mass is 16.4. The van der Waals surface area contributed by atoms with Crippen molar-refractivity contribution >= 4 is 5.97 Å². The van der Waals surface area contributed by atoms with Gasteiger partial charge in [-0.15, -0.1) is 0 Å². The first-order valence-electron chi connectivity index (χ1n) is 7.43. The summed E-state index contributed by atoms with van der Waals surface area (Å²) in [6.07, 6.45) is 7.51. The Morgan fingerprint density at radius 2 is 1.72 bits per heavy atom. The summed E-state index contributed by atoms with van der Waals surface area (Å²) in [5, 5.41) is 8.95. The van der Waals surface area contributed by atoms with Crippen molar-refractivity contribution in [2.45, 2.75) is 72.3 Å². The number of nitrogens with zero attached hydrogens (tertiary/aromatic N) is 1. The highest BCUT2D eigenvalue weighted by Crippen LogP contribution is 2.13. The predicted octanol–water partition coefficient (Wildman–Crippen LogP) is 3.78. The van der Waals surface area contributed by atoms with Crippen molar-refractivity contribution in [2.75, 3.05) is 13.1 Å². The van der Waals surface area contributed by atoms with E-state index in [1.807, 2.05) is 0 Å². The fourth-order valence-corrected chi connectivity index (χ4v) is 2.27. The topological polar surface area (TPSA) is 40.5 Å². The molecular formula is C15H31NO2. The minimum atomic E-state index is -0.714. The fourth-order valence-electron chi connectivity index (χ4n) is 2.27. The van der Waals surface area contributed by atoms with Crippen LogP contribution in [0.1, 0.15) is 66.2 Å². The second-order valence-corrected chi connectivity index (χ2v) is 5.77. The number of carboxylic acids is 1. The van der Waals surface area contributed by atoms with Crippen LogP contribution in [-0.2, 0) is 4.79 Å². The predicted molar refractivity (Wildman–Crippen MR) is 76.9 cm³/mol. The molecule has 0 aliphatic heterocycles. The van der Waals surface area contributed by atoms with Gasteiger partial charge >= 0.3 is 5.97 Å². The van der Waals surface area contributed by atoms with E-state index in [1.165, 1.54) is 32.1 Å². The maximum Gasteiger partial charge on any atom is 0.317 e. The van der Waals surface area contributed by atoms with Crippen LogP contribution in [-0.4, -0.2) is 35.1 Å². The lowest BCUT2D eigenvalue weighted by Crippen LogP contribution is -2.39. The summed E-state index contributed by atoms with van der Waals surface area (Å²) in [7, 11) is 0. The molecule has 0 amide bonds. The molecule has 0 aliphatic carbocycles. The molecule has 0 bridgehead atoms. The van der Waals surface area contributed by atoms with Crippen molar-refractivity contribution in [2.24, 2.45) is 5.92 Å². The highest BCUT2D eigenvalue weighted by Gasteiger charge is 2.17. The number of rotatable bonds is 11. The number of aliphatic carboxylic acids is 1. The van der Waals surface area contributed by atoms with E-state index in [1.54, 1.807) is 0 Å². The van der Waals surface area contributed by atoms with Crippen LogP contribution >= 0.6 is 0 Å². The normalized spacial score (nSPS) is 13.2. The molecule has 1 N–H and O–H groups in total. The summed E-state index contributed by atoms with van der Waals surface area (Å²) in [5.41, 5.74) is 0. The van der Waals surface area contributed by atoms with Crippen LogP contribution in [0.15, 0.2) is 0 Å². The smallest absolute Gasteiger partial charge is 0.317 e. The van der Waals surface area contributed by atoms with Gasteiger partial charge in [0.1, 0.15) is 0 Å². The van der Waals surface area contributed by atoms with E-state index in [9.17, 15) is 4.79 Å². The van der Waals surface area contributed by atoms with Gasteiger partial charge in [0.2, 0.25) is 0 Å². The molecule has 108 valence electrons. The number of carboxylic acid groups (broad SMARTS) is 1. The lowest BCUT2D eigenvalue weighted by molar-refractivity contribution is -0.139. The molecule has 0 heterocycles. The maximum atomic E-state index is 10.9. The summed E-state index contributed by atoms with van der Waals surface area (Å²) in [5.74, 6) is -0.194. The van der Waals surface area contributed by atoms with Crippen molar-refractivity contribution in [3.8, 4) is 0 Å². The van der Waals surface area contributed by atoms with Crippen molar-refractivity contribution < 1.29 is 9.90 Å². The molecule has 0 radical (unpaired) electrons. The molecule has 0 aromatic rings. The van der Waals surface area contributed by atoms with E-state index in [0.717, 1.165) is 13.0 Å². The van der Waals surface area contributed by atoms with Crippen LogP contribution in [0.5, 0.6) is 0 Å². The summed E-state index contributed by atoms with van der Waals surface area (Å²) in [6, 6.07) is 0.380. The molecular weight excluding hydrogens is 226 g/mol. The quantitative estimate of drug-likeness (QED) is 0.573. The zero-order chi connectivity index (χ0) is 14.0. The Bertz CT molecular complexity index is 217. The van der Waals surface area contributed by atoms with Crippen molar-refractivity contribution in [3.63, 3.8) is 0 Å². The van der Waals surface area contributed by atoms with Gasteiger partial charge in [-0.1, -0.05) is 52.9 Å². The Morgan fingerprint density at radius 1 is 1.11 bits per heavy atom. The van der Waals surface area contributed by atoms with Crippen LogP contribution in [0.25, 0.3) is 0 Å². The SMILES string of the molecule is CCCCCCCC(C)N(CC(=O)O)CC(C)C. The zero-order valence-electron chi connectivity index (χ0n) is 12.6. The van der Waals surface area contributed by atoms with E-state index in [-0.39, 0.29) is 6.54 Å². The van der Waals surface area contributed by atoms with Crippen LogP contribution in [0.4, 0.5) is 0 Å². The van der Waals surface area contributed by atoms with Gasteiger partial charge in [-0.05, 0) is 19.3 Å². The van der Waals surface area contributed by atoms with Gasteiger partial charge in [0.25, 0.3) is 0 Å². The number of carbonyl (C=O) groups is 1. The van der Waals surface area contributed by atoms with Crippen LogP contribution in [0.3, 0.4) is 0 Å². The molecule has 18 heavy (non-hydrogen) atoms. The Labute approximate surface area is 113 Å². The van der Waals surface area contributed by atoms with E-state index in [2.05, 4.69) is 32.6 Å². The Morgan fingerprint density at radius 3 is 2.22 bits per heavy atom. The molecule has 0 spiro atoms. The Kier molecular flexibility index (Phi) is 10.0. The van der Waals surface area contributed by atoms with Crippen molar-refractivity contribution in [1.82, 2.24) is 4.90 Å². The van der Waals surface area contributed by atoms with Gasteiger partial charge in [-0.3, -0.25) is 9.69 Å². The first-order chi connectivity index (χ1) is 8.47. The maximum absolute atomic E-state index is 10.9. The van der Waals surface area contributed by atoms with Gasteiger partial charge in [0, 0.05) is 12.6 Å². The molecule has 0 saturated heterocycles. The zero-order valence-corrected chi connectivity index (χ0v) is 12.6. The largest absolute Gasteiger partial charge is 0.480 e. The molecule has 3 nitrogen and oxygen atoms in total. The lowest BCUT2D eigenvalue weighted by Gasteiger charge is -2.29. The molecule has 0 aromatic heterocycles. The van der Waals surface area contributed by atoms with Gasteiger partial charge in [-0.2, -0.15) is 0 Å². The van der Waals surface area contributed by atoms with Gasteiger partial charge in [0.05, 0.1) is 6.54 Å². The number of unbranched alkanes of at least 4 members (excludes halogenated alkanes) is 4.